The molecule has 204 valence electrons. The molecule has 2 aromatic carbocycles. The first-order valence-electron chi connectivity index (χ1n) is 11.2. The third-order valence-electron chi connectivity index (χ3n) is 5.66. The van der Waals surface area contributed by atoms with E-state index in [1.165, 1.54) is 11.8 Å². The molecule has 0 heterocycles. The van der Waals surface area contributed by atoms with Gasteiger partial charge in [-0.1, -0.05) is 46.6 Å². The fraction of sp³-hybridized carbons (Fsp3) is 0.417. The molecule has 0 saturated carbocycles. The number of sulfonamides is 1. The topological polar surface area (TPSA) is 86.8 Å². The van der Waals surface area contributed by atoms with Gasteiger partial charge in [0.2, 0.25) is 21.8 Å². The van der Waals surface area contributed by atoms with E-state index in [4.69, 9.17) is 11.6 Å². The fourth-order valence-corrected chi connectivity index (χ4v) is 4.66. The summed E-state index contributed by atoms with van der Waals surface area (Å²) in [6.45, 7) is 4.33. The Kier molecular flexibility index (Phi) is 10.4. The van der Waals surface area contributed by atoms with Gasteiger partial charge < -0.3 is 10.2 Å². The number of nitrogens with zero attached hydrogens (tertiary/aromatic N) is 2. The maximum Gasteiger partial charge on any atom is 0.417 e. The van der Waals surface area contributed by atoms with Gasteiger partial charge in [0.25, 0.3) is 0 Å². The quantitative estimate of drug-likeness (QED) is 0.392. The molecule has 0 radical (unpaired) electrons. The summed E-state index contributed by atoms with van der Waals surface area (Å²) in [5.74, 6) is -1.22. The van der Waals surface area contributed by atoms with Crippen molar-refractivity contribution in [2.45, 2.75) is 52.0 Å². The number of hydrogen-bond donors (Lipinski definition) is 1. The van der Waals surface area contributed by atoms with Crippen molar-refractivity contribution in [2.24, 2.45) is 0 Å². The molecule has 0 aliphatic heterocycles. The number of amides is 2. The SMILES string of the molecule is CC[C@H](C)NC(=O)[C@H](C)N(Cc1ccc(Br)cc1)C(=O)CN(c1ccc(Cl)c(C(F)(F)F)c1)S(C)(=O)=O. The Morgan fingerprint density at radius 1 is 1.11 bits per heavy atom. The molecule has 2 aromatic rings. The Balaban J connectivity index is 2.47. The van der Waals surface area contributed by atoms with Crippen LogP contribution in [0.2, 0.25) is 5.02 Å². The van der Waals surface area contributed by atoms with E-state index >= 15 is 0 Å². The second-order valence-electron chi connectivity index (χ2n) is 8.57. The molecule has 0 unspecified atom stereocenters. The van der Waals surface area contributed by atoms with Gasteiger partial charge in [-0.2, -0.15) is 13.2 Å². The number of rotatable bonds is 10. The van der Waals surface area contributed by atoms with Crippen LogP contribution in [0, 0.1) is 0 Å². The maximum atomic E-state index is 13.5. The van der Waals surface area contributed by atoms with Gasteiger partial charge >= 0.3 is 6.18 Å². The molecule has 0 aliphatic rings. The Hall–Kier alpha value is -2.31. The minimum atomic E-state index is -4.84. The lowest BCUT2D eigenvalue weighted by atomic mass is 10.1. The van der Waals surface area contributed by atoms with E-state index in [0.717, 1.165) is 22.9 Å². The van der Waals surface area contributed by atoms with Gasteiger partial charge in [-0.3, -0.25) is 13.9 Å². The lowest BCUT2D eigenvalue weighted by Gasteiger charge is -2.32. The molecule has 37 heavy (non-hydrogen) atoms. The van der Waals surface area contributed by atoms with Crippen LogP contribution in [0.5, 0.6) is 0 Å². The van der Waals surface area contributed by atoms with Crippen molar-refractivity contribution in [3.05, 3.63) is 63.1 Å². The standard InChI is InChI=1S/C24H28BrClF3N3O4S/c1-5-15(2)30-23(34)16(3)31(13-17-6-8-18(25)9-7-17)22(33)14-32(37(4,35)36)19-10-11-21(26)20(12-19)24(27,28)29/h6-12,15-16H,5,13-14H2,1-4H3,(H,30,34)/t15-,16-/m0/s1. The van der Waals surface area contributed by atoms with Crippen LogP contribution in [-0.4, -0.2) is 50.0 Å². The van der Waals surface area contributed by atoms with Gasteiger partial charge in [-0.15, -0.1) is 0 Å². The van der Waals surface area contributed by atoms with Gasteiger partial charge in [-0.05, 0) is 56.2 Å². The van der Waals surface area contributed by atoms with Crippen molar-refractivity contribution < 1.29 is 31.2 Å². The van der Waals surface area contributed by atoms with Crippen molar-refractivity contribution in [1.29, 1.82) is 0 Å². The van der Waals surface area contributed by atoms with Crippen LogP contribution >= 0.6 is 27.5 Å². The summed E-state index contributed by atoms with van der Waals surface area (Å²) < 4.78 is 66.7. The van der Waals surface area contributed by atoms with E-state index in [1.807, 2.05) is 6.92 Å². The zero-order valence-corrected chi connectivity index (χ0v) is 23.8. The highest BCUT2D eigenvalue weighted by molar-refractivity contribution is 9.10. The summed E-state index contributed by atoms with van der Waals surface area (Å²) >= 11 is 9.00. The third-order valence-corrected chi connectivity index (χ3v) is 7.66. The number of benzene rings is 2. The number of halogens is 5. The summed E-state index contributed by atoms with van der Waals surface area (Å²) in [4.78, 5) is 27.5. The molecule has 0 aliphatic carbocycles. The zero-order chi connectivity index (χ0) is 28.1. The first-order chi connectivity index (χ1) is 17.0. The highest BCUT2D eigenvalue weighted by Gasteiger charge is 2.35. The van der Waals surface area contributed by atoms with Crippen molar-refractivity contribution in [3.8, 4) is 0 Å². The normalized spacial score (nSPS) is 13.5. The number of carbonyl (C=O) groups excluding carboxylic acids is 2. The van der Waals surface area contributed by atoms with Crippen molar-refractivity contribution in [2.75, 3.05) is 17.1 Å². The van der Waals surface area contributed by atoms with Crippen LogP contribution in [0.4, 0.5) is 18.9 Å². The molecule has 1 N–H and O–H groups in total. The van der Waals surface area contributed by atoms with Gasteiger partial charge in [0, 0.05) is 17.1 Å². The summed E-state index contributed by atoms with van der Waals surface area (Å²) in [5.41, 5.74) is -0.954. The Bertz CT molecular complexity index is 1230. The van der Waals surface area contributed by atoms with Gasteiger partial charge in [0.15, 0.2) is 0 Å². The van der Waals surface area contributed by atoms with Gasteiger partial charge in [0.1, 0.15) is 12.6 Å². The fourth-order valence-electron chi connectivity index (χ4n) is 3.33. The van der Waals surface area contributed by atoms with E-state index in [-0.39, 0.29) is 18.3 Å². The second kappa shape index (κ2) is 12.5. The molecule has 0 spiro atoms. The maximum absolute atomic E-state index is 13.5. The molecule has 0 bridgehead atoms. The number of nitrogens with one attached hydrogen (secondary N) is 1. The van der Waals surface area contributed by atoms with E-state index in [9.17, 15) is 31.2 Å². The average Bonchev–Trinajstić information content (AvgIpc) is 2.80. The summed E-state index contributed by atoms with van der Waals surface area (Å²) in [7, 11) is -4.20. The molecule has 0 fully saturated rings. The van der Waals surface area contributed by atoms with Crippen LogP contribution in [0.15, 0.2) is 46.9 Å². The highest BCUT2D eigenvalue weighted by atomic mass is 79.9. The highest BCUT2D eigenvalue weighted by Crippen LogP contribution is 2.37. The Labute approximate surface area is 228 Å². The molecule has 2 atom stereocenters. The third kappa shape index (κ3) is 8.61. The Morgan fingerprint density at radius 2 is 1.70 bits per heavy atom. The minimum Gasteiger partial charge on any atom is -0.352 e. The average molecular weight is 627 g/mol. The van der Waals surface area contributed by atoms with Crippen molar-refractivity contribution in [3.63, 3.8) is 0 Å². The smallest absolute Gasteiger partial charge is 0.352 e. The molecular weight excluding hydrogens is 599 g/mol. The molecular formula is C24H28BrClF3N3O4S. The molecule has 13 heteroatoms. The largest absolute Gasteiger partial charge is 0.417 e. The van der Waals surface area contributed by atoms with E-state index < -0.39 is 51.2 Å². The van der Waals surface area contributed by atoms with Crippen LogP contribution in [-0.2, 0) is 32.3 Å². The number of carbonyl (C=O) groups is 2. The lowest BCUT2D eigenvalue weighted by molar-refractivity contribution is -0.139. The van der Waals surface area contributed by atoms with E-state index in [0.29, 0.717) is 22.4 Å². The van der Waals surface area contributed by atoms with Crippen LogP contribution in [0.3, 0.4) is 0 Å². The lowest BCUT2D eigenvalue weighted by Crippen LogP contribution is -2.52. The van der Waals surface area contributed by atoms with Crippen LogP contribution < -0.4 is 9.62 Å². The molecule has 7 nitrogen and oxygen atoms in total. The van der Waals surface area contributed by atoms with Crippen molar-refractivity contribution >= 4 is 55.1 Å². The summed E-state index contributed by atoms with van der Waals surface area (Å²) in [6, 6.07) is 8.38. The predicted octanol–water partition coefficient (Wildman–Crippen LogP) is 5.22. The van der Waals surface area contributed by atoms with Crippen molar-refractivity contribution in [1.82, 2.24) is 10.2 Å². The number of alkyl halides is 3. The van der Waals surface area contributed by atoms with Gasteiger partial charge in [0.05, 0.1) is 22.5 Å². The predicted molar refractivity (Wildman–Crippen MR) is 141 cm³/mol. The second-order valence-corrected chi connectivity index (χ2v) is 11.8. The minimum absolute atomic E-state index is 0.0345. The monoisotopic (exact) mass is 625 g/mol. The molecule has 2 amide bonds. The molecule has 0 aromatic heterocycles. The first kappa shape index (κ1) is 30.9. The first-order valence-corrected chi connectivity index (χ1v) is 14.2. The summed E-state index contributed by atoms with van der Waals surface area (Å²) in [5, 5.41) is 2.19. The van der Waals surface area contributed by atoms with E-state index in [2.05, 4.69) is 21.2 Å². The van der Waals surface area contributed by atoms with Gasteiger partial charge in [-0.25, -0.2) is 8.42 Å². The molecule has 0 saturated heterocycles. The zero-order valence-electron chi connectivity index (χ0n) is 20.6. The summed E-state index contributed by atoms with van der Waals surface area (Å²) in [6.07, 6.45) is -3.41. The van der Waals surface area contributed by atoms with E-state index in [1.54, 1.807) is 31.2 Å². The number of hydrogen-bond acceptors (Lipinski definition) is 4. The van der Waals surface area contributed by atoms with Crippen LogP contribution in [0.25, 0.3) is 0 Å². The van der Waals surface area contributed by atoms with Crippen LogP contribution in [0.1, 0.15) is 38.3 Å². The Morgan fingerprint density at radius 3 is 2.22 bits per heavy atom. The molecule has 2 rings (SSSR count). The number of anilines is 1.